The second kappa shape index (κ2) is 10.6. The highest BCUT2D eigenvalue weighted by atomic mass is 127. The van der Waals surface area contributed by atoms with Crippen LogP contribution >= 0.6 is 24.0 Å². The van der Waals surface area contributed by atoms with Crippen LogP contribution in [0, 0.1) is 5.82 Å². The second-order valence-electron chi connectivity index (χ2n) is 5.72. The van der Waals surface area contributed by atoms with Crippen LogP contribution in [0.1, 0.15) is 11.1 Å². The van der Waals surface area contributed by atoms with E-state index in [1.807, 2.05) is 22.9 Å². The summed E-state index contributed by atoms with van der Waals surface area (Å²) in [6.45, 7) is 1.34. The number of guanidine groups is 1. The molecule has 1 aromatic carbocycles. The summed E-state index contributed by atoms with van der Waals surface area (Å²) in [6.07, 6.45) is 7.86. The van der Waals surface area contributed by atoms with Crippen molar-refractivity contribution in [3.8, 4) is 5.82 Å². The van der Waals surface area contributed by atoms with Crippen LogP contribution in [0.3, 0.4) is 0 Å². The molecule has 3 rings (SSSR count). The zero-order valence-corrected chi connectivity index (χ0v) is 17.3. The van der Waals surface area contributed by atoms with Crippen LogP contribution < -0.4 is 10.6 Å². The minimum absolute atomic E-state index is 0. The molecule has 0 spiro atoms. The molecule has 0 amide bonds. The van der Waals surface area contributed by atoms with E-state index in [2.05, 4.69) is 25.6 Å². The van der Waals surface area contributed by atoms with Gasteiger partial charge in [-0.2, -0.15) is 0 Å². The first kappa shape index (κ1) is 20.8. The number of hydrogen-bond donors (Lipinski definition) is 2. The molecule has 0 radical (unpaired) electrons. The highest BCUT2D eigenvalue weighted by Crippen LogP contribution is 2.06. The fourth-order valence-corrected chi connectivity index (χ4v) is 2.49. The van der Waals surface area contributed by atoms with E-state index in [9.17, 15) is 4.39 Å². The number of aromatic nitrogens is 3. The summed E-state index contributed by atoms with van der Waals surface area (Å²) in [6, 6.07) is 10.5. The molecule has 27 heavy (non-hydrogen) atoms. The first-order chi connectivity index (χ1) is 12.7. The summed E-state index contributed by atoms with van der Waals surface area (Å²) in [5, 5.41) is 6.54. The monoisotopic (exact) mass is 480 g/mol. The Morgan fingerprint density at radius 3 is 2.63 bits per heavy atom. The van der Waals surface area contributed by atoms with Crippen LogP contribution in [-0.2, 0) is 13.0 Å². The lowest BCUT2D eigenvalue weighted by atomic mass is 10.1. The van der Waals surface area contributed by atoms with E-state index in [1.165, 1.54) is 12.1 Å². The Hall–Kier alpha value is -2.49. The number of benzene rings is 1. The van der Waals surface area contributed by atoms with Gasteiger partial charge in [-0.15, -0.1) is 24.0 Å². The van der Waals surface area contributed by atoms with Gasteiger partial charge < -0.3 is 10.6 Å². The van der Waals surface area contributed by atoms with Crippen molar-refractivity contribution in [3.05, 3.63) is 78.3 Å². The van der Waals surface area contributed by atoms with Crippen molar-refractivity contribution in [3.63, 3.8) is 0 Å². The molecule has 0 saturated heterocycles. The fourth-order valence-electron chi connectivity index (χ4n) is 2.49. The first-order valence-electron chi connectivity index (χ1n) is 8.37. The van der Waals surface area contributed by atoms with E-state index in [-0.39, 0.29) is 29.8 Å². The lowest BCUT2D eigenvalue weighted by Gasteiger charge is -2.12. The van der Waals surface area contributed by atoms with Crippen LogP contribution in [0.4, 0.5) is 4.39 Å². The van der Waals surface area contributed by atoms with E-state index < -0.39 is 0 Å². The van der Waals surface area contributed by atoms with Gasteiger partial charge in [-0.05, 0) is 41.8 Å². The summed E-state index contributed by atoms with van der Waals surface area (Å²) in [7, 11) is 1.73. The molecular formula is C19H22FIN6. The molecule has 0 saturated carbocycles. The largest absolute Gasteiger partial charge is 0.356 e. The van der Waals surface area contributed by atoms with Crippen molar-refractivity contribution in [1.29, 1.82) is 0 Å². The fraction of sp³-hybridized carbons (Fsp3) is 0.211. The number of rotatable bonds is 6. The van der Waals surface area contributed by atoms with Gasteiger partial charge in [0.1, 0.15) is 18.0 Å². The number of hydrogen-bond acceptors (Lipinski definition) is 3. The number of nitrogens with one attached hydrogen (secondary N) is 2. The number of aliphatic imine (C=N–C) groups is 1. The van der Waals surface area contributed by atoms with Crippen LogP contribution in [0.5, 0.6) is 0 Å². The lowest BCUT2D eigenvalue weighted by molar-refractivity contribution is 0.626. The Balaban J connectivity index is 0.00000261. The molecule has 0 atom stereocenters. The smallest absolute Gasteiger partial charge is 0.191 e. The number of nitrogens with zero attached hydrogens (tertiary/aromatic N) is 4. The second-order valence-corrected chi connectivity index (χ2v) is 5.72. The summed E-state index contributed by atoms with van der Waals surface area (Å²) in [5.41, 5.74) is 2.17. The summed E-state index contributed by atoms with van der Waals surface area (Å²) in [4.78, 5) is 12.6. The molecule has 2 N–H and O–H groups in total. The predicted molar refractivity (Wildman–Crippen MR) is 115 cm³/mol. The Labute approximate surface area is 175 Å². The van der Waals surface area contributed by atoms with Gasteiger partial charge in [0, 0.05) is 38.7 Å². The van der Waals surface area contributed by atoms with Crippen LogP contribution in [-0.4, -0.2) is 34.1 Å². The van der Waals surface area contributed by atoms with E-state index >= 15 is 0 Å². The van der Waals surface area contributed by atoms with Crippen molar-refractivity contribution in [2.75, 3.05) is 13.6 Å². The molecule has 0 unspecified atom stereocenters. The summed E-state index contributed by atoms with van der Waals surface area (Å²) < 4.78 is 14.8. The predicted octanol–water partition coefficient (Wildman–Crippen LogP) is 2.93. The summed E-state index contributed by atoms with van der Waals surface area (Å²) >= 11 is 0. The molecule has 0 bridgehead atoms. The maximum Gasteiger partial charge on any atom is 0.191 e. The van der Waals surface area contributed by atoms with Crippen LogP contribution in [0.2, 0.25) is 0 Å². The van der Waals surface area contributed by atoms with E-state index in [1.54, 1.807) is 37.9 Å². The van der Waals surface area contributed by atoms with Gasteiger partial charge in [-0.1, -0.05) is 12.1 Å². The van der Waals surface area contributed by atoms with Gasteiger partial charge in [-0.25, -0.2) is 14.4 Å². The Kier molecular flexibility index (Phi) is 8.18. The van der Waals surface area contributed by atoms with Gasteiger partial charge in [0.05, 0.1) is 0 Å². The minimum Gasteiger partial charge on any atom is -0.356 e. The highest BCUT2D eigenvalue weighted by molar-refractivity contribution is 14.0. The first-order valence-corrected chi connectivity index (χ1v) is 8.37. The SMILES string of the molecule is CN=C(NCCc1ccc(F)cc1)NCc1ccnc(-n2ccnc2)c1.I. The van der Waals surface area contributed by atoms with Gasteiger partial charge >= 0.3 is 0 Å². The quantitative estimate of drug-likeness (QED) is 0.324. The molecule has 0 aliphatic heterocycles. The van der Waals surface area contributed by atoms with Crippen LogP contribution in [0.25, 0.3) is 5.82 Å². The van der Waals surface area contributed by atoms with Crippen molar-refractivity contribution >= 4 is 29.9 Å². The van der Waals surface area contributed by atoms with Crippen molar-refractivity contribution in [2.45, 2.75) is 13.0 Å². The molecule has 3 aromatic rings. The number of pyridine rings is 1. The van der Waals surface area contributed by atoms with Gasteiger partial charge in [0.2, 0.25) is 0 Å². The zero-order valence-electron chi connectivity index (χ0n) is 15.0. The third-order valence-electron chi connectivity index (χ3n) is 3.88. The normalized spacial score (nSPS) is 11.0. The topological polar surface area (TPSA) is 67.1 Å². The molecular weight excluding hydrogens is 458 g/mol. The van der Waals surface area contributed by atoms with E-state index in [0.717, 1.165) is 23.4 Å². The maximum atomic E-state index is 12.9. The molecule has 6 nitrogen and oxygen atoms in total. The Morgan fingerprint density at radius 2 is 1.93 bits per heavy atom. The van der Waals surface area contributed by atoms with E-state index in [0.29, 0.717) is 19.0 Å². The van der Waals surface area contributed by atoms with Gasteiger partial charge in [-0.3, -0.25) is 9.56 Å². The van der Waals surface area contributed by atoms with Crippen molar-refractivity contribution < 1.29 is 4.39 Å². The molecule has 2 heterocycles. The molecule has 142 valence electrons. The molecule has 0 aliphatic carbocycles. The molecule has 0 fully saturated rings. The third kappa shape index (κ3) is 6.31. The zero-order chi connectivity index (χ0) is 18.2. The van der Waals surface area contributed by atoms with E-state index in [4.69, 9.17) is 0 Å². The molecule has 8 heteroatoms. The van der Waals surface area contributed by atoms with Crippen molar-refractivity contribution in [2.24, 2.45) is 4.99 Å². The highest BCUT2D eigenvalue weighted by Gasteiger charge is 2.02. The Bertz CT molecular complexity index is 849. The minimum atomic E-state index is -0.216. The average molecular weight is 480 g/mol. The van der Waals surface area contributed by atoms with Crippen molar-refractivity contribution in [1.82, 2.24) is 25.2 Å². The maximum absolute atomic E-state index is 12.9. The van der Waals surface area contributed by atoms with Crippen LogP contribution in [0.15, 0.2) is 66.3 Å². The average Bonchev–Trinajstić information content (AvgIpc) is 3.21. The number of halogens is 2. The molecule has 2 aromatic heterocycles. The molecule has 0 aliphatic rings. The van der Waals surface area contributed by atoms with Gasteiger partial charge in [0.25, 0.3) is 0 Å². The van der Waals surface area contributed by atoms with Gasteiger partial charge in [0.15, 0.2) is 5.96 Å². The lowest BCUT2D eigenvalue weighted by Crippen LogP contribution is -2.37. The number of imidazole rings is 1. The standard InChI is InChI=1S/C19H21FN6.HI/c1-21-19(24-9-6-15-2-4-17(20)5-3-15)25-13-16-7-8-23-18(12-16)26-11-10-22-14-26;/h2-5,7-8,10-12,14H,6,9,13H2,1H3,(H2,21,24,25);1H. The summed E-state index contributed by atoms with van der Waals surface area (Å²) in [5.74, 6) is 1.32. The Morgan fingerprint density at radius 1 is 1.11 bits per heavy atom. The third-order valence-corrected chi connectivity index (χ3v) is 3.88.